The van der Waals surface area contributed by atoms with E-state index in [-0.39, 0.29) is 5.84 Å². The predicted octanol–water partition coefficient (Wildman–Crippen LogP) is 1.45. The van der Waals surface area contributed by atoms with E-state index in [1.54, 1.807) is 0 Å². The first-order chi connectivity index (χ1) is 7.63. The normalized spacial score (nSPS) is 17.7. The van der Waals surface area contributed by atoms with Crippen LogP contribution in [0.4, 0.5) is 0 Å². The summed E-state index contributed by atoms with van der Waals surface area (Å²) in [5, 5.41) is 7.32. The molecule has 3 N–H and O–H groups in total. The van der Waals surface area contributed by atoms with Gasteiger partial charge in [-0.15, -0.1) is 0 Å². The zero-order valence-electron chi connectivity index (χ0n) is 10.5. The monoisotopic (exact) mass is 227 g/mol. The fourth-order valence-corrected chi connectivity index (χ4v) is 1.79. The SMILES string of the molecule is CCC(CC(=N)N)N(C)CCOCC1CC1. The molecule has 0 heterocycles. The van der Waals surface area contributed by atoms with Gasteiger partial charge in [-0.2, -0.15) is 0 Å². The molecule has 1 atom stereocenters. The molecule has 0 bridgehead atoms. The predicted molar refractivity (Wildman–Crippen MR) is 66.8 cm³/mol. The number of ether oxygens (including phenoxy) is 1. The lowest BCUT2D eigenvalue weighted by atomic mass is 10.1. The fourth-order valence-electron chi connectivity index (χ4n) is 1.79. The average molecular weight is 227 g/mol. The van der Waals surface area contributed by atoms with Crippen LogP contribution in [0.25, 0.3) is 0 Å². The standard InChI is InChI=1S/C12H25N3O/c1-3-11(8-12(13)14)15(2)6-7-16-9-10-4-5-10/h10-11H,3-9H2,1-2H3,(H3,13,14). The van der Waals surface area contributed by atoms with Gasteiger partial charge in [-0.25, -0.2) is 0 Å². The van der Waals surface area contributed by atoms with Gasteiger partial charge in [0.2, 0.25) is 0 Å². The van der Waals surface area contributed by atoms with E-state index in [4.69, 9.17) is 15.9 Å². The second-order valence-electron chi connectivity index (χ2n) is 4.79. The highest BCUT2D eigenvalue weighted by molar-refractivity contribution is 5.77. The lowest BCUT2D eigenvalue weighted by Crippen LogP contribution is -2.37. The zero-order chi connectivity index (χ0) is 12.0. The summed E-state index contributed by atoms with van der Waals surface area (Å²) in [6.45, 7) is 4.78. The van der Waals surface area contributed by atoms with Gasteiger partial charge in [-0.3, -0.25) is 5.41 Å². The van der Waals surface area contributed by atoms with Crippen LogP contribution in [0.15, 0.2) is 0 Å². The van der Waals surface area contributed by atoms with Gasteiger partial charge in [0.1, 0.15) is 0 Å². The minimum atomic E-state index is 0.276. The molecule has 1 aliphatic rings. The van der Waals surface area contributed by atoms with Crippen molar-refractivity contribution in [1.82, 2.24) is 4.90 Å². The van der Waals surface area contributed by atoms with Crippen LogP contribution in [0.2, 0.25) is 0 Å². The van der Waals surface area contributed by atoms with Crippen LogP contribution in [-0.2, 0) is 4.74 Å². The Bertz CT molecular complexity index is 216. The molecule has 1 rings (SSSR count). The number of rotatable bonds is 9. The first kappa shape index (κ1) is 13.5. The summed E-state index contributed by atoms with van der Waals surface area (Å²) in [7, 11) is 2.08. The molecule has 0 aromatic rings. The molecule has 4 nitrogen and oxygen atoms in total. The van der Waals surface area contributed by atoms with E-state index in [0.717, 1.165) is 32.1 Å². The molecular formula is C12H25N3O. The van der Waals surface area contributed by atoms with Gasteiger partial charge in [0.25, 0.3) is 0 Å². The fraction of sp³-hybridized carbons (Fsp3) is 0.917. The molecule has 0 aliphatic heterocycles. The maximum absolute atomic E-state index is 7.32. The highest BCUT2D eigenvalue weighted by atomic mass is 16.5. The first-order valence-electron chi connectivity index (χ1n) is 6.24. The molecule has 0 saturated heterocycles. The van der Waals surface area contributed by atoms with Crippen LogP contribution in [-0.4, -0.2) is 43.6 Å². The number of amidine groups is 1. The van der Waals surface area contributed by atoms with Crippen LogP contribution in [0.5, 0.6) is 0 Å². The summed E-state index contributed by atoms with van der Waals surface area (Å²) in [5.74, 6) is 1.11. The van der Waals surface area contributed by atoms with Crippen molar-refractivity contribution in [3.63, 3.8) is 0 Å². The second-order valence-corrected chi connectivity index (χ2v) is 4.79. The smallest absolute Gasteiger partial charge is 0.0921 e. The Morgan fingerprint density at radius 2 is 2.25 bits per heavy atom. The van der Waals surface area contributed by atoms with E-state index in [1.807, 2.05) is 0 Å². The third kappa shape index (κ3) is 5.47. The molecule has 0 aromatic heterocycles. The first-order valence-corrected chi connectivity index (χ1v) is 6.24. The van der Waals surface area contributed by atoms with E-state index < -0.39 is 0 Å². The highest BCUT2D eigenvalue weighted by Gasteiger charge is 2.21. The summed E-state index contributed by atoms with van der Waals surface area (Å²) in [6.07, 6.45) is 4.38. The van der Waals surface area contributed by atoms with E-state index in [0.29, 0.717) is 12.5 Å². The summed E-state index contributed by atoms with van der Waals surface area (Å²) in [5.41, 5.74) is 5.43. The quantitative estimate of drug-likeness (QED) is 0.356. The minimum Gasteiger partial charge on any atom is -0.388 e. The number of hydrogen-bond acceptors (Lipinski definition) is 3. The lowest BCUT2D eigenvalue weighted by Gasteiger charge is -2.26. The molecule has 94 valence electrons. The van der Waals surface area contributed by atoms with Crippen molar-refractivity contribution in [1.29, 1.82) is 5.41 Å². The van der Waals surface area contributed by atoms with Gasteiger partial charge in [-0.1, -0.05) is 6.92 Å². The summed E-state index contributed by atoms with van der Waals surface area (Å²) in [4.78, 5) is 2.24. The van der Waals surface area contributed by atoms with Crippen molar-refractivity contribution in [2.45, 2.75) is 38.6 Å². The molecule has 4 heteroatoms. The van der Waals surface area contributed by atoms with E-state index in [2.05, 4.69) is 18.9 Å². The molecule has 0 aromatic carbocycles. The topological polar surface area (TPSA) is 62.3 Å². The third-order valence-corrected chi connectivity index (χ3v) is 3.19. The van der Waals surface area contributed by atoms with Crippen LogP contribution in [0, 0.1) is 11.3 Å². The summed E-state index contributed by atoms with van der Waals surface area (Å²) in [6, 6.07) is 0.377. The second kappa shape index (κ2) is 6.86. The number of nitrogens with one attached hydrogen (secondary N) is 1. The number of nitrogens with two attached hydrogens (primary N) is 1. The van der Waals surface area contributed by atoms with Crippen molar-refractivity contribution in [2.75, 3.05) is 26.8 Å². The van der Waals surface area contributed by atoms with Crippen molar-refractivity contribution >= 4 is 5.84 Å². The molecule has 16 heavy (non-hydrogen) atoms. The number of hydrogen-bond donors (Lipinski definition) is 2. The van der Waals surface area contributed by atoms with E-state index in [1.165, 1.54) is 12.8 Å². The molecule has 1 aliphatic carbocycles. The zero-order valence-corrected chi connectivity index (χ0v) is 10.5. The van der Waals surface area contributed by atoms with Crippen LogP contribution < -0.4 is 5.73 Å². The minimum absolute atomic E-state index is 0.276. The molecular weight excluding hydrogens is 202 g/mol. The summed E-state index contributed by atoms with van der Waals surface area (Å²) >= 11 is 0. The Hall–Kier alpha value is -0.610. The maximum Gasteiger partial charge on any atom is 0.0921 e. The molecule has 1 saturated carbocycles. The molecule has 1 unspecified atom stereocenters. The Balaban J connectivity index is 2.09. The average Bonchev–Trinajstić information content (AvgIpc) is 3.04. The van der Waals surface area contributed by atoms with Crippen molar-refractivity contribution in [3.8, 4) is 0 Å². The van der Waals surface area contributed by atoms with Gasteiger partial charge >= 0.3 is 0 Å². The summed E-state index contributed by atoms with van der Waals surface area (Å²) < 4.78 is 5.60. The maximum atomic E-state index is 7.32. The van der Waals surface area contributed by atoms with Crippen LogP contribution >= 0.6 is 0 Å². The molecule has 0 amide bonds. The van der Waals surface area contributed by atoms with E-state index in [9.17, 15) is 0 Å². The highest BCUT2D eigenvalue weighted by Crippen LogP contribution is 2.28. The Kier molecular flexibility index (Phi) is 5.77. The Labute approximate surface area is 98.6 Å². The van der Waals surface area contributed by atoms with Crippen molar-refractivity contribution in [2.24, 2.45) is 11.7 Å². The molecule has 0 radical (unpaired) electrons. The van der Waals surface area contributed by atoms with Gasteiger partial charge in [0, 0.05) is 25.6 Å². The van der Waals surface area contributed by atoms with Gasteiger partial charge in [0.05, 0.1) is 12.4 Å². The Morgan fingerprint density at radius 1 is 1.56 bits per heavy atom. The molecule has 1 fully saturated rings. The van der Waals surface area contributed by atoms with Crippen LogP contribution in [0.1, 0.15) is 32.6 Å². The number of nitrogens with zero attached hydrogens (tertiary/aromatic N) is 1. The van der Waals surface area contributed by atoms with Gasteiger partial charge in [-0.05, 0) is 32.2 Å². The van der Waals surface area contributed by atoms with Crippen molar-refractivity contribution in [3.05, 3.63) is 0 Å². The van der Waals surface area contributed by atoms with Gasteiger partial charge in [0.15, 0.2) is 0 Å². The lowest BCUT2D eigenvalue weighted by molar-refractivity contribution is 0.0914. The number of likely N-dealkylation sites (N-methyl/N-ethyl adjacent to an activating group) is 1. The third-order valence-electron chi connectivity index (χ3n) is 3.19. The van der Waals surface area contributed by atoms with E-state index >= 15 is 0 Å². The Morgan fingerprint density at radius 3 is 2.75 bits per heavy atom. The van der Waals surface area contributed by atoms with Crippen LogP contribution in [0.3, 0.4) is 0 Å². The van der Waals surface area contributed by atoms with Gasteiger partial charge < -0.3 is 15.4 Å². The molecule has 0 spiro atoms. The van der Waals surface area contributed by atoms with Crippen molar-refractivity contribution < 1.29 is 4.74 Å². The largest absolute Gasteiger partial charge is 0.388 e.